The van der Waals surface area contributed by atoms with Gasteiger partial charge in [-0.25, -0.2) is 5.43 Å². The number of hydrazone groups is 1. The maximum Gasteiger partial charge on any atom is 0.435 e. The van der Waals surface area contributed by atoms with Gasteiger partial charge in [0.25, 0.3) is 5.91 Å². The van der Waals surface area contributed by atoms with E-state index in [0.717, 1.165) is 16.9 Å². The van der Waals surface area contributed by atoms with Gasteiger partial charge >= 0.3 is 6.18 Å². The first kappa shape index (κ1) is 20.1. The minimum Gasteiger partial charge on any atom is -0.493 e. The normalized spacial score (nSPS) is 11.5. The molecule has 0 radical (unpaired) electrons. The lowest BCUT2D eigenvalue weighted by Crippen LogP contribution is -2.23. The van der Waals surface area contributed by atoms with Crippen LogP contribution < -0.4 is 19.6 Å². The molecule has 2 aromatic rings. The minimum absolute atomic E-state index is 0.403. The average Bonchev–Trinajstić information content (AvgIpc) is 3.09. The van der Waals surface area contributed by atoms with Crippen LogP contribution in [0.1, 0.15) is 11.3 Å². The molecule has 1 amide bonds. The molecule has 0 atom stereocenters. The van der Waals surface area contributed by atoms with Crippen molar-refractivity contribution in [2.45, 2.75) is 12.7 Å². The highest BCUT2D eigenvalue weighted by Crippen LogP contribution is 2.37. The zero-order valence-corrected chi connectivity index (χ0v) is 14.7. The number of aromatic nitrogens is 2. The smallest absolute Gasteiger partial charge is 0.435 e. The van der Waals surface area contributed by atoms with E-state index in [0.29, 0.717) is 22.8 Å². The largest absolute Gasteiger partial charge is 0.493 e. The molecule has 1 heterocycles. The molecule has 0 saturated carbocycles. The van der Waals surface area contributed by atoms with E-state index in [1.807, 2.05) is 0 Å². The Morgan fingerprint density at radius 2 is 1.85 bits per heavy atom. The molecule has 0 aliphatic carbocycles. The summed E-state index contributed by atoms with van der Waals surface area (Å²) < 4.78 is 53.9. The van der Waals surface area contributed by atoms with E-state index in [1.165, 1.54) is 27.5 Å². The van der Waals surface area contributed by atoms with Crippen LogP contribution in [0.2, 0.25) is 0 Å². The lowest BCUT2D eigenvalue weighted by atomic mass is 10.2. The summed E-state index contributed by atoms with van der Waals surface area (Å²) in [6.45, 7) is -0.414. The van der Waals surface area contributed by atoms with Crippen molar-refractivity contribution in [3.05, 3.63) is 35.7 Å². The maximum absolute atomic E-state index is 12.5. The topological polar surface area (TPSA) is 87.0 Å². The van der Waals surface area contributed by atoms with Crippen LogP contribution in [0.25, 0.3) is 0 Å². The van der Waals surface area contributed by atoms with Gasteiger partial charge in [-0.1, -0.05) is 0 Å². The Labute approximate surface area is 152 Å². The maximum atomic E-state index is 12.5. The molecule has 0 aliphatic rings. The van der Waals surface area contributed by atoms with Gasteiger partial charge in [0.2, 0.25) is 5.75 Å². The first-order chi connectivity index (χ1) is 12.8. The van der Waals surface area contributed by atoms with Crippen LogP contribution >= 0.6 is 0 Å². The molecule has 0 spiro atoms. The van der Waals surface area contributed by atoms with Crippen LogP contribution in [0.4, 0.5) is 13.2 Å². The van der Waals surface area contributed by atoms with Gasteiger partial charge in [-0.05, 0) is 18.2 Å². The van der Waals surface area contributed by atoms with Crippen molar-refractivity contribution in [1.82, 2.24) is 15.2 Å². The second kappa shape index (κ2) is 8.43. The monoisotopic (exact) mass is 386 g/mol. The second-order valence-corrected chi connectivity index (χ2v) is 5.15. The number of amides is 1. The predicted molar refractivity (Wildman–Crippen MR) is 89.1 cm³/mol. The van der Waals surface area contributed by atoms with E-state index in [1.54, 1.807) is 12.1 Å². The fourth-order valence-electron chi connectivity index (χ4n) is 2.14. The summed E-state index contributed by atoms with van der Waals surface area (Å²) in [5, 5.41) is 7.04. The zero-order valence-electron chi connectivity index (χ0n) is 14.7. The fourth-order valence-corrected chi connectivity index (χ4v) is 2.14. The molecule has 27 heavy (non-hydrogen) atoms. The van der Waals surface area contributed by atoms with Crippen LogP contribution in [0.3, 0.4) is 0 Å². The molecule has 0 saturated heterocycles. The molecule has 2 rings (SSSR count). The predicted octanol–water partition coefficient (Wildman–Crippen LogP) is 2.08. The van der Waals surface area contributed by atoms with Gasteiger partial charge < -0.3 is 14.2 Å². The lowest BCUT2D eigenvalue weighted by molar-refractivity contribution is -0.141. The third kappa shape index (κ3) is 5.12. The summed E-state index contributed by atoms with van der Waals surface area (Å²) in [4.78, 5) is 11.8. The number of nitrogens with zero attached hydrogens (tertiary/aromatic N) is 3. The summed E-state index contributed by atoms with van der Waals surface area (Å²) in [7, 11) is 4.38. The number of carbonyl (C=O) groups is 1. The number of rotatable bonds is 7. The Bertz CT molecular complexity index is 808. The molecule has 11 heteroatoms. The van der Waals surface area contributed by atoms with Gasteiger partial charge in [-0.15, -0.1) is 0 Å². The third-order valence-electron chi connectivity index (χ3n) is 3.33. The minimum atomic E-state index is -4.56. The van der Waals surface area contributed by atoms with E-state index in [4.69, 9.17) is 14.2 Å². The molecule has 1 aromatic heterocycles. The SMILES string of the molecule is COc1cc(C=NNC(=O)Cn2ccc(C(F)(F)F)n2)cc(OC)c1OC. The zero-order chi connectivity index (χ0) is 20.0. The molecule has 8 nitrogen and oxygen atoms in total. The number of alkyl halides is 3. The summed E-state index contributed by atoms with van der Waals surface area (Å²) >= 11 is 0. The Morgan fingerprint density at radius 1 is 1.22 bits per heavy atom. The lowest BCUT2D eigenvalue weighted by Gasteiger charge is -2.12. The van der Waals surface area contributed by atoms with Gasteiger partial charge in [0.1, 0.15) is 6.54 Å². The molecular formula is C16H17F3N4O4. The van der Waals surface area contributed by atoms with Crippen molar-refractivity contribution >= 4 is 12.1 Å². The van der Waals surface area contributed by atoms with Crippen molar-refractivity contribution in [2.24, 2.45) is 5.10 Å². The van der Waals surface area contributed by atoms with Crippen LogP contribution in [0.5, 0.6) is 17.2 Å². The first-order valence-electron chi connectivity index (χ1n) is 7.51. The van der Waals surface area contributed by atoms with Gasteiger partial charge in [0, 0.05) is 11.8 Å². The Morgan fingerprint density at radius 3 is 2.33 bits per heavy atom. The standard InChI is InChI=1S/C16H17F3N4O4/c1-25-11-6-10(7-12(26-2)15(11)27-3)8-20-21-14(24)9-23-5-4-13(22-23)16(17,18)19/h4-8H,9H2,1-3H3,(H,21,24). The quantitative estimate of drug-likeness (QED) is 0.582. The highest BCUT2D eigenvalue weighted by molar-refractivity contribution is 5.84. The molecule has 0 aliphatic heterocycles. The van der Waals surface area contributed by atoms with E-state index in [-0.39, 0.29) is 0 Å². The van der Waals surface area contributed by atoms with E-state index >= 15 is 0 Å². The van der Waals surface area contributed by atoms with Crippen molar-refractivity contribution < 1.29 is 32.2 Å². The molecule has 1 aromatic carbocycles. The Hall–Kier alpha value is -3.24. The van der Waals surface area contributed by atoms with Crippen LogP contribution in [0.15, 0.2) is 29.5 Å². The van der Waals surface area contributed by atoms with Crippen molar-refractivity contribution in [1.29, 1.82) is 0 Å². The van der Waals surface area contributed by atoms with Gasteiger partial charge in [-0.3, -0.25) is 9.48 Å². The molecule has 0 bridgehead atoms. The van der Waals surface area contributed by atoms with E-state index < -0.39 is 24.3 Å². The van der Waals surface area contributed by atoms with E-state index in [9.17, 15) is 18.0 Å². The second-order valence-electron chi connectivity index (χ2n) is 5.15. The summed E-state index contributed by atoms with van der Waals surface area (Å²) in [6.07, 6.45) is -2.18. The van der Waals surface area contributed by atoms with Gasteiger partial charge in [-0.2, -0.15) is 23.4 Å². The molecule has 1 N–H and O–H groups in total. The third-order valence-corrected chi connectivity index (χ3v) is 3.33. The number of carbonyl (C=O) groups excluding carboxylic acids is 1. The average molecular weight is 386 g/mol. The van der Waals surface area contributed by atoms with Crippen LogP contribution in [-0.4, -0.2) is 43.2 Å². The number of nitrogens with one attached hydrogen (secondary N) is 1. The summed E-state index contributed by atoms with van der Waals surface area (Å²) in [5.74, 6) is 0.567. The number of ether oxygens (including phenoxy) is 3. The first-order valence-corrected chi connectivity index (χ1v) is 7.51. The van der Waals surface area contributed by atoms with Crippen molar-refractivity contribution in [3.8, 4) is 17.2 Å². The Kier molecular flexibility index (Phi) is 6.27. The van der Waals surface area contributed by atoms with Crippen molar-refractivity contribution in [2.75, 3.05) is 21.3 Å². The molecule has 146 valence electrons. The fraction of sp³-hybridized carbons (Fsp3) is 0.312. The van der Waals surface area contributed by atoms with Gasteiger partial charge in [0.05, 0.1) is 27.5 Å². The van der Waals surface area contributed by atoms with E-state index in [2.05, 4.69) is 15.6 Å². The van der Waals surface area contributed by atoms with Crippen LogP contribution in [-0.2, 0) is 17.5 Å². The number of methoxy groups -OCH3 is 3. The molecule has 0 unspecified atom stereocenters. The Balaban J connectivity index is 2.02. The number of hydrogen-bond acceptors (Lipinski definition) is 6. The number of benzene rings is 1. The number of hydrogen-bond donors (Lipinski definition) is 1. The molecular weight excluding hydrogens is 369 g/mol. The number of halogens is 3. The molecule has 0 fully saturated rings. The summed E-state index contributed by atoms with van der Waals surface area (Å²) in [5.41, 5.74) is 1.68. The van der Waals surface area contributed by atoms with Crippen molar-refractivity contribution in [3.63, 3.8) is 0 Å². The highest BCUT2D eigenvalue weighted by Gasteiger charge is 2.33. The van der Waals surface area contributed by atoms with Crippen LogP contribution in [0, 0.1) is 0 Å². The van der Waals surface area contributed by atoms with Gasteiger partial charge in [0.15, 0.2) is 17.2 Å². The summed E-state index contributed by atoms with van der Waals surface area (Å²) in [6, 6.07) is 4.01. The highest BCUT2D eigenvalue weighted by atomic mass is 19.4.